The fourth-order valence-electron chi connectivity index (χ4n) is 5.72. The van der Waals surface area contributed by atoms with Crippen molar-refractivity contribution in [3.8, 4) is 17.2 Å². The monoisotopic (exact) mass is 616 g/mol. The van der Waals surface area contributed by atoms with E-state index in [2.05, 4.69) is 12.1 Å². The summed E-state index contributed by atoms with van der Waals surface area (Å²) in [5, 5.41) is 18.1. The summed E-state index contributed by atoms with van der Waals surface area (Å²) in [5.74, 6) is 0.508. The van der Waals surface area contributed by atoms with Crippen LogP contribution in [0, 0.1) is 0 Å². The third-order valence-electron chi connectivity index (χ3n) is 8.04. The van der Waals surface area contributed by atoms with Crippen molar-refractivity contribution < 1.29 is 38.8 Å². The largest absolute Gasteiger partial charge is 0.493 e. The van der Waals surface area contributed by atoms with Gasteiger partial charge in [0.2, 0.25) is 0 Å². The molecule has 2 N–H and O–H groups in total. The maximum absolute atomic E-state index is 12.5. The topological polar surface area (TPSA) is 119 Å². The van der Waals surface area contributed by atoms with Gasteiger partial charge < -0.3 is 24.4 Å². The normalized spacial score (nSPS) is 12.3. The molecule has 1 heterocycles. The number of Topliss-reactive ketones (excluding diaryl/α,β-unsaturated/α-hetero) is 1. The van der Waals surface area contributed by atoms with Crippen LogP contribution in [0.4, 0.5) is 0 Å². The fourth-order valence-corrected chi connectivity index (χ4v) is 5.72. The molecular weight excluding hydrogens is 572 g/mol. The lowest BCUT2D eigenvalue weighted by molar-refractivity contribution is -0.138. The van der Waals surface area contributed by atoms with Crippen LogP contribution >= 0.6 is 0 Å². The number of aliphatic carboxylic acids is 2. The van der Waals surface area contributed by atoms with E-state index in [1.165, 1.54) is 5.56 Å². The number of carbonyl (C=O) groups excluding carboxylic acids is 1. The summed E-state index contributed by atoms with van der Waals surface area (Å²) in [6.45, 7) is 1.25. The minimum absolute atomic E-state index is 0.00990. The van der Waals surface area contributed by atoms with Crippen LogP contribution in [0.5, 0.6) is 17.2 Å². The lowest BCUT2D eigenvalue weighted by atomic mass is 9.96. The van der Waals surface area contributed by atoms with E-state index in [4.69, 9.17) is 19.3 Å². The highest BCUT2D eigenvalue weighted by Crippen LogP contribution is 2.37. The van der Waals surface area contributed by atoms with Gasteiger partial charge in [-0.15, -0.1) is 0 Å². The quantitative estimate of drug-likeness (QED) is 0.127. The predicted molar refractivity (Wildman–Crippen MR) is 172 cm³/mol. The highest BCUT2D eigenvalue weighted by atomic mass is 16.5. The number of ether oxygens (including phenoxy) is 3. The van der Waals surface area contributed by atoms with Gasteiger partial charge in [-0.3, -0.25) is 14.4 Å². The van der Waals surface area contributed by atoms with E-state index in [-0.39, 0.29) is 25.2 Å². The summed E-state index contributed by atoms with van der Waals surface area (Å²) in [7, 11) is 0. The number of unbranched alkanes of at least 4 members (excludes halogenated alkanes) is 3. The summed E-state index contributed by atoms with van der Waals surface area (Å²) >= 11 is 0. The molecule has 0 amide bonds. The van der Waals surface area contributed by atoms with Crippen LogP contribution in [0.3, 0.4) is 0 Å². The highest BCUT2D eigenvalue weighted by molar-refractivity contribution is 6.00. The Kier molecular flexibility index (Phi) is 13.3. The average Bonchev–Trinajstić information content (AvgIpc) is 3.03. The predicted octanol–water partition coefficient (Wildman–Crippen LogP) is 7.27. The first kappa shape index (κ1) is 33.6. The molecular formula is C37H44O8. The minimum atomic E-state index is -0.865. The molecule has 0 atom stereocenters. The van der Waals surface area contributed by atoms with Crippen LogP contribution < -0.4 is 14.2 Å². The van der Waals surface area contributed by atoms with Gasteiger partial charge >= 0.3 is 11.9 Å². The number of benzene rings is 3. The number of carboxylic acids is 2. The number of rotatable bonds is 20. The van der Waals surface area contributed by atoms with Gasteiger partial charge in [0.15, 0.2) is 5.78 Å². The second kappa shape index (κ2) is 17.8. The van der Waals surface area contributed by atoms with Gasteiger partial charge in [0, 0.05) is 24.8 Å². The standard InChI is InChI=1S/C37H44O8/c38-32-23-26-45-37-30(32)19-21-34(31(37)16-8-13-27-11-4-3-5-12-27)43-24-7-2-1-6-14-28-15-9-17-33(29(28)20-22-36(41)42)44-25-10-18-35(39)40/h3-5,9,11-12,15,17,19,21H,1-2,6-8,10,13-14,16,18,20,22-26H2,(H,39,40)(H,41,42). The Hall–Kier alpha value is -4.33. The van der Waals surface area contributed by atoms with Gasteiger partial charge in [0.1, 0.15) is 17.2 Å². The SMILES string of the molecule is O=C(O)CCCOc1cccc(CCCCCCOc2ccc3c(c2CCCc2ccccc2)OCCC3=O)c1CCC(=O)O. The number of carboxylic acid groups (broad SMARTS) is 2. The molecule has 1 aliphatic heterocycles. The van der Waals surface area contributed by atoms with E-state index in [9.17, 15) is 19.5 Å². The molecule has 0 fully saturated rings. The van der Waals surface area contributed by atoms with Crippen molar-refractivity contribution in [1.29, 1.82) is 0 Å². The molecule has 45 heavy (non-hydrogen) atoms. The molecule has 8 heteroatoms. The Morgan fingerprint density at radius 3 is 2.18 bits per heavy atom. The number of aryl methyl sites for hydroxylation is 2. The van der Waals surface area contributed by atoms with Crippen molar-refractivity contribution in [2.24, 2.45) is 0 Å². The minimum Gasteiger partial charge on any atom is -0.493 e. The Morgan fingerprint density at radius 1 is 0.667 bits per heavy atom. The van der Waals surface area contributed by atoms with E-state index >= 15 is 0 Å². The van der Waals surface area contributed by atoms with E-state index in [0.29, 0.717) is 49.5 Å². The van der Waals surface area contributed by atoms with Crippen molar-refractivity contribution in [3.05, 3.63) is 88.5 Å². The highest BCUT2D eigenvalue weighted by Gasteiger charge is 2.24. The maximum Gasteiger partial charge on any atom is 0.303 e. The molecule has 0 spiro atoms. The van der Waals surface area contributed by atoms with Crippen LogP contribution in [0.2, 0.25) is 0 Å². The van der Waals surface area contributed by atoms with Gasteiger partial charge in [-0.1, -0.05) is 55.3 Å². The molecule has 0 unspecified atom stereocenters. The molecule has 3 aromatic rings. The van der Waals surface area contributed by atoms with Gasteiger partial charge in [-0.2, -0.15) is 0 Å². The third kappa shape index (κ3) is 10.7. The summed E-state index contributed by atoms with van der Waals surface area (Å²) < 4.78 is 18.1. The second-order valence-corrected chi connectivity index (χ2v) is 11.4. The van der Waals surface area contributed by atoms with Crippen molar-refractivity contribution >= 4 is 17.7 Å². The number of fused-ring (bicyclic) bond motifs is 1. The molecule has 1 aliphatic rings. The van der Waals surface area contributed by atoms with Crippen LogP contribution in [0.25, 0.3) is 0 Å². The van der Waals surface area contributed by atoms with Crippen molar-refractivity contribution in [2.75, 3.05) is 19.8 Å². The Morgan fingerprint density at radius 2 is 1.40 bits per heavy atom. The molecule has 0 aromatic heterocycles. The van der Waals surface area contributed by atoms with Crippen LogP contribution in [0.1, 0.15) is 90.4 Å². The summed E-state index contributed by atoms with van der Waals surface area (Å²) in [6, 6.07) is 19.9. The molecule has 3 aromatic carbocycles. The van der Waals surface area contributed by atoms with Gasteiger partial charge in [0.05, 0.1) is 25.4 Å². The summed E-state index contributed by atoms with van der Waals surface area (Å²) in [4.78, 5) is 34.6. The smallest absolute Gasteiger partial charge is 0.303 e. The summed E-state index contributed by atoms with van der Waals surface area (Å²) in [6.07, 6.45) is 8.48. The molecule has 4 rings (SSSR count). The van der Waals surface area contributed by atoms with Crippen molar-refractivity contribution in [3.63, 3.8) is 0 Å². The first-order valence-electron chi connectivity index (χ1n) is 16.1. The number of hydrogen-bond acceptors (Lipinski definition) is 6. The molecule has 240 valence electrons. The average molecular weight is 617 g/mol. The van der Waals surface area contributed by atoms with E-state index in [1.54, 1.807) is 0 Å². The van der Waals surface area contributed by atoms with Crippen LogP contribution in [0.15, 0.2) is 60.7 Å². The molecule has 0 bridgehead atoms. The first-order valence-corrected chi connectivity index (χ1v) is 16.1. The van der Waals surface area contributed by atoms with Gasteiger partial charge in [0.25, 0.3) is 0 Å². The zero-order valence-electron chi connectivity index (χ0n) is 25.9. The lowest BCUT2D eigenvalue weighted by Crippen LogP contribution is -2.17. The van der Waals surface area contributed by atoms with E-state index in [0.717, 1.165) is 73.8 Å². The van der Waals surface area contributed by atoms with Crippen LogP contribution in [-0.4, -0.2) is 47.8 Å². The van der Waals surface area contributed by atoms with Gasteiger partial charge in [-0.25, -0.2) is 0 Å². The van der Waals surface area contributed by atoms with Crippen LogP contribution in [-0.2, 0) is 35.3 Å². The first-order chi connectivity index (χ1) is 21.9. The molecule has 8 nitrogen and oxygen atoms in total. The molecule has 0 saturated heterocycles. The third-order valence-corrected chi connectivity index (χ3v) is 8.04. The van der Waals surface area contributed by atoms with Crippen molar-refractivity contribution in [2.45, 2.75) is 83.5 Å². The summed E-state index contributed by atoms with van der Waals surface area (Å²) in [5.41, 5.74) is 4.89. The van der Waals surface area contributed by atoms with Crippen molar-refractivity contribution in [1.82, 2.24) is 0 Å². The Labute approximate surface area is 265 Å². The van der Waals surface area contributed by atoms with E-state index < -0.39 is 11.9 Å². The zero-order valence-corrected chi connectivity index (χ0v) is 25.9. The molecule has 0 saturated carbocycles. The Balaban J connectivity index is 1.27. The zero-order chi connectivity index (χ0) is 31.9. The number of ketones is 1. The lowest BCUT2D eigenvalue weighted by Gasteiger charge is -2.22. The van der Waals surface area contributed by atoms with Gasteiger partial charge in [-0.05, 0) is 86.3 Å². The number of hydrogen-bond donors (Lipinski definition) is 2. The fraction of sp³-hybridized carbons (Fsp3) is 0.432. The molecule has 0 aliphatic carbocycles. The Bertz CT molecular complexity index is 1420. The maximum atomic E-state index is 12.5. The molecule has 0 radical (unpaired) electrons. The second-order valence-electron chi connectivity index (χ2n) is 11.4. The van der Waals surface area contributed by atoms with E-state index in [1.807, 2.05) is 48.5 Å². The number of carbonyl (C=O) groups is 3.